The Labute approximate surface area is 245 Å². The van der Waals surface area contributed by atoms with Crippen LogP contribution in [0.15, 0.2) is 22.7 Å². The number of anilines is 1. The Bertz CT molecular complexity index is 1390. The van der Waals surface area contributed by atoms with E-state index in [1.54, 1.807) is 17.0 Å². The molecule has 1 aromatic carbocycles. The van der Waals surface area contributed by atoms with Crippen molar-refractivity contribution >= 4 is 23.5 Å². The van der Waals surface area contributed by atoms with Crippen LogP contribution in [0.3, 0.4) is 0 Å². The van der Waals surface area contributed by atoms with E-state index >= 15 is 0 Å². The Morgan fingerprint density at radius 2 is 1.93 bits per heavy atom. The van der Waals surface area contributed by atoms with E-state index in [0.29, 0.717) is 47.4 Å². The number of benzene rings is 1. The molecule has 2 aliphatic rings. The number of nitrogens with zero attached hydrogens (tertiary/aromatic N) is 5. The summed E-state index contributed by atoms with van der Waals surface area (Å²) in [7, 11) is 1.42. The highest BCUT2D eigenvalue weighted by atomic mass is 35.5. The molecule has 0 aliphatic carbocycles. The van der Waals surface area contributed by atoms with Crippen molar-refractivity contribution in [2.75, 3.05) is 44.8 Å². The number of piperidine rings is 1. The van der Waals surface area contributed by atoms with E-state index in [4.69, 9.17) is 35.6 Å². The molecule has 0 radical (unpaired) electrons. The summed E-state index contributed by atoms with van der Waals surface area (Å²) >= 11 is 6.70. The fraction of sp³-hybridized carbons (Fsp3) is 0.533. The molecule has 220 valence electrons. The van der Waals surface area contributed by atoms with Gasteiger partial charge in [-0.05, 0) is 58.2 Å². The second kappa shape index (κ2) is 11.9. The molecule has 0 bridgehead atoms. The van der Waals surface area contributed by atoms with Crippen LogP contribution in [0.4, 0.5) is 10.6 Å². The third-order valence-corrected chi connectivity index (χ3v) is 8.57. The van der Waals surface area contributed by atoms with Crippen LogP contribution >= 0.6 is 11.6 Å². The summed E-state index contributed by atoms with van der Waals surface area (Å²) in [6.07, 6.45) is 2.58. The number of halogens is 1. The summed E-state index contributed by atoms with van der Waals surface area (Å²) in [5, 5.41) is 14.8. The largest absolute Gasteiger partial charge is 0.491 e. The number of likely N-dealkylation sites (tertiary alicyclic amines) is 1. The number of hydrogen-bond acceptors (Lipinski definition) is 9. The lowest BCUT2D eigenvalue weighted by atomic mass is 9.72. The second-order valence-corrected chi connectivity index (χ2v) is 11.7. The summed E-state index contributed by atoms with van der Waals surface area (Å²) in [6, 6.07) is 5.38. The van der Waals surface area contributed by atoms with Crippen LogP contribution in [0.5, 0.6) is 5.75 Å². The Morgan fingerprint density at radius 1 is 1.20 bits per heavy atom. The molecule has 10 nitrogen and oxygen atoms in total. The number of hydrogen-bond donors (Lipinski definition) is 1. The topological polar surface area (TPSA) is 114 Å². The number of aliphatic hydroxyl groups is 1. The highest BCUT2D eigenvalue weighted by molar-refractivity contribution is 6.33. The van der Waals surface area contributed by atoms with Gasteiger partial charge >= 0.3 is 6.09 Å². The molecule has 11 heteroatoms. The van der Waals surface area contributed by atoms with Gasteiger partial charge in [0.2, 0.25) is 0 Å². The SMILES string of the molecule is CCC[C@@H](O)COc1ccc(Cl)c(-c2nc(-c3c(C)noc3C)c(C)c(N3CC4(CCN(C(=O)OC)CC4)C3)n2)c1. The first-order valence-corrected chi connectivity index (χ1v) is 14.5. The maximum atomic E-state index is 12.0. The third kappa shape index (κ3) is 5.85. The van der Waals surface area contributed by atoms with Gasteiger partial charge in [-0.15, -0.1) is 0 Å². The molecule has 4 heterocycles. The van der Waals surface area contributed by atoms with E-state index in [0.717, 1.165) is 60.7 Å². The lowest BCUT2D eigenvalue weighted by Gasteiger charge is -2.54. The minimum atomic E-state index is -0.536. The average molecular weight is 584 g/mol. The molecule has 1 spiro atoms. The van der Waals surface area contributed by atoms with E-state index in [-0.39, 0.29) is 18.1 Å². The summed E-state index contributed by atoms with van der Waals surface area (Å²) in [5.74, 6) is 2.59. The Hall–Kier alpha value is -3.37. The Morgan fingerprint density at radius 3 is 2.56 bits per heavy atom. The van der Waals surface area contributed by atoms with Gasteiger partial charge in [-0.1, -0.05) is 30.1 Å². The molecule has 1 atom stereocenters. The smallest absolute Gasteiger partial charge is 0.409 e. The summed E-state index contributed by atoms with van der Waals surface area (Å²) in [6.45, 7) is 11.1. The summed E-state index contributed by atoms with van der Waals surface area (Å²) in [4.78, 5) is 26.1. The minimum Gasteiger partial charge on any atom is -0.491 e. The highest BCUT2D eigenvalue weighted by Gasteiger charge is 2.47. The molecule has 1 amide bonds. The summed E-state index contributed by atoms with van der Waals surface area (Å²) < 4.78 is 16.3. The zero-order valence-electron chi connectivity index (χ0n) is 24.4. The number of ether oxygens (including phenoxy) is 2. The first kappa shape index (κ1) is 29.1. The normalized spacial score (nSPS) is 17.0. The van der Waals surface area contributed by atoms with E-state index in [1.807, 2.05) is 33.8 Å². The zero-order valence-corrected chi connectivity index (χ0v) is 25.1. The molecule has 0 saturated carbocycles. The average Bonchev–Trinajstić information content (AvgIpc) is 3.28. The number of aliphatic hydroxyl groups excluding tert-OH is 1. The van der Waals surface area contributed by atoms with Gasteiger partial charge in [0.15, 0.2) is 5.82 Å². The van der Waals surface area contributed by atoms with Gasteiger partial charge < -0.3 is 28.9 Å². The molecule has 2 aliphatic heterocycles. The van der Waals surface area contributed by atoms with E-state index in [9.17, 15) is 9.90 Å². The standard InChI is InChI=1S/C30H38ClN5O5/c1-6-7-21(37)15-40-22-8-9-24(31)23(14-22)27-32-26(25-19(3)34-41-20(25)4)18(2)28(33-27)36-16-30(17-36)10-12-35(13-11-30)29(38)39-5/h8-9,14,21,37H,6-7,10-13,15-17H2,1-5H3/t21-/m1/s1. The van der Waals surface area contributed by atoms with Crippen molar-refractivity contribution < 1.29 is 23.9 Å². The molecule has 41 heavy (non-hydrogen) atoms. The molecule has 0 unspecified atom stereocenters. The van der Waals surface area contributed by atoms with E-state index in [2.05, 4.69) is 10.1 Å². The minimum absolute atomic E-state index is 0.135. The maximum absolute atomic E-state index is 12.0. The van der Waals surface area contributed by atoms with Gasteiger partial charge in [0.05, 0.1) is 35.2 Å². The van der Waals surface area contributed by atoms with Crippen LogP contribution in [-0.2, 0) is 4.74 Å². The van der Waals surface area contributed by atoms with Gasteiger partial charge in [0, 0.05) is 42.7 Å². The monoisotopic (exact) mass is 583 g/mol. The predicted molar refractivity (Wildman–Crippen MR) is 156 cm³/mol. The molecule has 2 fully saturated rings. The molecule has 3 aromatic rings. The van der Waals surface area contributed by atoms with Crippen LogP contribution in [0.1, 0.15) is 49.6 Å². The number of aromatic nitrogens is 3. The molecule has 5 rings (SSSR count). The van der Waals surface area contributed by atoms with E-state index < -0.39 is 6.10 Å². The first-order chi connectivity index (χ1) is 19.6. The number of methoxy groups -OCH3 is 1. The van der Waals surface area contributed by atoms with Crippen molar-refractivity contribution in [1.82, 2.24) is 20.0 Å². The van der Waals surface area contributed by atoms with Crippen LogP contribution in [0, 0.1) is 26.2 Å². The number of amides is 1. The molecular formula is C30H38ClN5O5. The van der Waals surface area contributed by atoms with Crippen LogP contribution in [0.25, 0.3) is 22.6 Å². The lowest BCUT2D eigenvalue weighted by Crippen LogP contribution is -2.61. The molecular weight excluding hydrogens is 546 g/mol. The van der Waals surface area contributed by atoms with Gasteiger partial charge in [0.1, 0.15) is 23.9 Å². The molecule has 1 N–H and O–H groups in total. The van der Waals surface area contributed by atoms with Gasteiger partial charge in [-0.25, -0.2) is 14.8 Å². The Balaban J connectivity index is 1.48. The summed E-state index contributed by atoms with van der Waals surface area (Å²) in [5.41, 5.74) is 4.07. The van der Waals surface area contributed by atoms with Crippen molar-refractivity contribution in [2.24, 2.45) is 5.41 Å². The quantitative estimate of drug-likeness (QED) is 0.362. The second-order valence-electron chi connectivity index (χ2n) is 11.3. The fourth-order valence-corrected chi connectivity index (χ4v) is 6.10. The van der Waals surface area contributed by atoms with Crippen molar-refractivity contribution in [3.05, 3.63) is 40.2 Å². The zero-order chi connectivity index (χ0) is 29.3. The van der Waals surface area contributed by atoms with Gasteiger partial charge in [-0.3, -0.25) is 0 Å². The number of rotatable bonds is 8. The predicted octanol–water partition coefficient (Wildman–Crippen LogP) is 5.59. The number of carbonyl (C=O) groups is 1. The first-order valence-electron chi connectivity index (χ1n) is 14.1. The lowest BCUT2D eigenvalue weighted by molar-refractivity contribution is 0.0621. The fourth-order valence-electron chi connectivity index (χ4n) is 5.89. The molecule has 2 saturated heterocycles. The third-order valence-electron chi connectivity index (χ3n) is 8.24. The maximum Gasteiger partial charge on any atom is 0.409 e. The number of carbonyl (C=O) groups excluding carboxylic acids is 1. The van der Waals surface area contributed by atoms with Crippen molar-refractivity contribution in [1.29, 1.82) is 0 Å². The van der Waals surface area contributed by atoms with Crippen LogP contribution < -0.4 is 9.64 Å². The van der Waals surface area contributed by atoms with Crippen molar-refractivity contribution in [3.8, 4) is 28.4 Å². The molecule has 2 aromatic heterocycles. The van der Waals surface area contributed by atoms with E-state index in [1.165, 1.54) is 7.11 Å². The van der Waals surface area contributed by atoms with Crippen LogP contribution in [0.2, 0.25) is 5.02 Å². The van der Waals surface area contributed by atoms with Gasteiger partial charge in [-0.2, -0.15) is 0 Å². The van der Waals surface area contributed by atoms with Crippen molar-refractivity contribution in [3.63, 3.8) is 0 Å². The van der Waals surface area contributed by atoms with Crippen LogP contribution in [-0.4, -0.2) is 77.2 Å². The highest BCUT2D eigenvalue weighted by Crippen LogP contribution is 2.45. The number of aryl methyl sites for hydroxylation is 2. The Kier molecular flexibility index (Phi) is 8.42. The van der Waals surface area contributed by atoms with Gasteiger partial charge in [0.25, 0.3) is 0 Å². The van der Waals surface area contributed by atoms with Crippen molar-refractivity contribution in [2.45, 2.75) is 59.5 Å².